The molecule has 27 heavy (non-hydrogen) atoms. The van der Waals surface area contributed by atoms with Crippen molar-refractivity contribution in [1.29, 1.82) is 0 Å². The van der Waals surface area contributed by atoms with Crippen molar-refractivity contribution >= 4 is 24.8 Å². The van der Waals surface area contributed by atoms with Crippen LogP contribution in [0.1, 0.15) is 26.0 Å². The van der Waals surface area contributed by atoms with Gasteiger partial charge in [0, 0.05) is 6.42 Å². The zero-order chi connectivity index (χ0) is 19.6. The number of fused-ring (bicyclic) bond motifs is 1. The van der Waals surface area contributed by atoms with Crippen molar-refractivity contribution in [2.45, 2.75) is 38.2 Å². The highest BCUT2D eigenvalue weighted by atomic mass is 31.2. The van der Waals surface area contributed by atoms with Gasteiger partial charge in [0.25, 0.3) is 0 Å². The quantitative estimate of drug-likeness (QED) is 0.334. The molecule has 0 radical (unpaired) electrons. The maximum atomic E-state index is 11.3. The molecule has 0 bridgehead atoms. The summed E-state index contributed by atoms with van der Waals surface area (Å²) in [5, 5.41) is 0. The standard InChI is InChI=1S/C15H22N5O6P/c1-9(2)3-4-24-6-11-10(26-27(21,22)23)5-12(25-11)20-8-19-13-14(16)17-7-18-15(13)20/h7-8,10-12H,1,3-6H2,2H3,(H2,16,17,18)(H2,21,22,23)/t10-,11+,12+/m0/s1. The van der Waals surface area contributed by atoms with Gasteiger partial charge in [-0.05, 0) is 13.3 Å². The summed E-state index contributed by atoms with van der Waals surface area (Å²) in [5.74, 6) is 0.236. The molecule has 148 valence electrons. The summed E-state index contributed by atoms with van der Waals surface area (Å²) in [5.41, 5.74) is 7.66. The Kier molecular flexibility index (Phi) is 5.89. The van der Waals surface area contributed by atoms with Gasteiger partial charge in [-0.1, -0.05) is 5.57 Å². The van der Waals surface area contributed by atoms with Crippen LogP contribution in [-0.2, 0) is 18.6 Å². The third-order valence-corrected chi connectivity index (χ3v) is 4.65. The van der Waals surface area contributed by atoms with E-state index in [1.54, 1.807) is 4.57 Å². The molecule has 4 N–H and O–H groups in total. The molecule has 2 aromatic heterocycles. The van der Waals surface area contributed by atoms with Crippen LogP contribution in [0.4, 0.5) is 5.82 Å². The molecule has 1 saturated heterocycles. The monoisotopic (exact) mass is 399 g/mol. The average molecular weight is 399 g/mol. The summed E-state index contributed by atoms with van der Waals surface area (Å²) in [6.07, 6.45) is 1.58. The van der Waals surface area contributed by atoms with Gasteiger partial charge in [-0.2, -0.15) is 0 Å². The van der Waals surface area contributed by atoms with Gasteiger partial charge in [0.1, 0.15) is 30.3 Å². The van der Waals surface area contributed by atoms with Crippen LogP contribution in [0.15, 0.2) is 24.8 Å². The van der Waals surface area contributed by atoms with Crippen LogP contribution in [0, 0.1) is 0 Å². The second-order valence-electron chi connectivity index (χ2n) is 6.36. The summed E-state index contributed by atoms with van der Waals surface area (Å²) in [4.78, 5) is 30.6. The van der Waals surface area contributed by atoms with Crippen molar-refractivity contribution in [3.05, 3.63) is 24.8 Å². The summed E-state index contributed by atoms with van der Waals surface area (Å²) < 4.78 is 29.3. The van der Waals surface area contributed by atoms with Gasteiger partial charge in [-0.3, -0.25) is 9.09 Å². The number of hydrogen-bond acceptors (Lipinski definition) is 8. The third kappa shape index (κ3) is 4.89. The Labute approximate surface area is 155 Å². The van der Waals surface area contributed by atoms with E-state index in [2.05, 4.69) is 21.5 Å². The van der Waals surface area contributed by atoms with Crippen molar-refractivity contribution in [2.75, 3.05) is 18.9 Å². The highest BCUT2D eigenvalue weighted by Crippen LogP contribution is 2.44. The predicted octanol–water partition coefficient (Wildman–Crippen LogP) is 1.16. The lowest BCUT2D eigenvalue weighted by molar-refractivity contribution is -0.0600. The van der Waals surface area contributed by atoms with Gasteiger partial charge in [0.05, 0.1) is 19.5 Å². The molecule has 12 heteroatoms. The second kappa shape index (κ2) is 8.01. The lowest BCUT2D eigenvalue weighted by Gasteiger charge is -2.19. The number of anilines is 1. The van der Waals surface area contributed by atoms with E-state index in [-0.39, 0.29) is 18.8 Å². The highest BCUT2D eigenvalue weighted by Gasteiger charge is 2.41. The molecule has 3 rings (SSSR count). The van der Waals surface area contributed by atoms with Gasteiger partial charge in [0.2, 0.25) is 0 Å². The van der Waals surface area contributed by atoms with Gasteiger partial charge in [-0.15, -0.1) is 6.58 Å². The summed E-state index contributed by atoms with van der Waals surface area (Å²) in [6, 6.07) is 0. The maximum Gasteiger partial charge on any atom is 0.469 e. The van der Waals surface area contributed by atoms with Gasteiger partial charge >= 0.3 is 7.82 Å². The highest BCUT2D eigenvalue weighted by molar-refractivity contribution is 7.46. The molecule has 0 unspecified atom stereocenters. The van der Waals surface area contributed by atoms with Gasteiger partial charge < -0.3 is 25.0 Å². The molecule has 0 aliphatic carbocycles. The lowest BCUT2D eigenvalue weighted by Crippen LogP contribution is -2.28. The van der Waals surface area contributed by atoms with Crippen LogP contribution in [0.2, 0.25) is 0 Å². The second-order valence-corrected chi connectivity index (χ2v) is 7.56. The topological polar surface area (TPSA) is 155 Å². The first-order valence-electron chi connectivity index (χ1n) is 8.29. The van der Waals surface area contributed by atoms with E-state index in [0.29, 0.717) is 24.2 Å². The normalized spacial score (nSPS) is 23.1. The molecule has 0 saturated carbocycles. The van der Waals surface area contributed by atoms with Crippen molar-refractivity contribution in [3.8, 4) is 0 Å². The summed E-state index contributed by atoms with van der Waals surface area (Å²) in [6.45, 7) is 6.24. The number of imidazole rings is 1. The molecule has 2 aromatic rings. The summed E-state index contributed by atoms with van der Waals surface area (Å²) >= 11 is 0. The average Bonchev–Trinajstić information content (AvgIpc) is 3.15. The smallest absolute Gasteiger partial charge is 0.382 e. The van der Waals surface area contributed by atoms with E-state index >= 15 is 0 Å². The first-order valence-corrected chi connectivity index (χ1v) is 9.82. The van der Waals surface area contributed by atoms with Gasteiger partial charge in [-0.25, -0.2) is 19.5 Å². The molecule has 1 fully saturated rings. The molecule has 0 amide bonds. The summed E-state index contributed by atoms with van der Waals surface area (Å²) in [7, 11) is -4.69. The number of phosphoric ester groups is 1. The van der Waals surface area contributed by atoms with Crippen LogP contribution in [0.25, 0.3) is 11.2 Å². The van der Waals surface area contributed by atoms with Crippen molar-refractivity contribution in [1.82, 2.24) is 19.5 Å². The fourth-order valence-corrected chi connectivity index (χ4v) is 3.41. The molecule has 0 aromatic carbocycles. The number of aromatic nitrogens is 4. The zero-order valence-electron chi connectivity index (χ0n) is 14.8. The van der Waals surface area contributed by atoms with Crippen LogP contribution in [0.3, 0.4) is 0 Å². The van der Waals surface area contributed by atoms with E-state index in [0.717, 1.165) is 5.57 Å². The third-order valence-electron chi connectivity index (χ3n) is 4.11. The van der Waals surface area contributed by atoms with E-state index in [4.69, 9.17) is 19.7 Å². The Bertz CT molecular complexity index is 867. The minimum Gasteiger partial charge on any atom is -0.382 e. The number of hydrogen-bond donors (Lipinski definition) is 3. The minimum absolute atomic E-state index is 0.123. The van der Waals surface area contributed by atoms with E-state index in [1.165, 1.54) is 12.7 Å². The number of rotatable bonds is 8. The molecule has 11 nitrogen and oxygen atoms in total. The zero-order valence-corrected chi connectivity index (χ0v) is 15.7. The Balaban J connectivity index is 1.75. The fourth-order valence-electron chi connectivity index (χ4n) is 2.84. The fraction of sp³-hybridized carbons (Fsp3) is 0.533. The molecule has 3 atom stereocenters. The van der Waals surface area contributed by atoms with Crippen molar-refractivity contribution in [3.63, 3.8) is 0 Å². The first kappa shape index (κ1) is 19.9. The minimum atomic E-state index is -4.69. The Morgan fingerprint density at radius 1 is 1.48 bits per heavy atom. The first-order chi connectivity index (χ1) is 12.7. The predicted molar refractivity (Wildman–Crippen MR) is 95.4 cm³/mol. The Morgan fingerprint density at radius 3 is 2.96 bits per heavy atom. The van der Waals surface area contributed by atoms with Crippen LogP contribution in [-0.4, -0.2) is 54.7 Å². The lowest BCUT2D eigenvalue weighted by atomic mass is 10.2. The molecular formula is C15H22N5O6P. The molecule has 3 heterocycles. The molecule has 1 aliphatic rings. The number of nitrogens with zero attached hydrogens (tertiary/aromatic N) is 4. The van der Waals surface area contributed by atoms with E-state index in [1.807, 2.05) is 6.92 Å². The number of nitrogen functional groups attached to an aromatic ring is 1. The van der Waals surface area contributed by atoms with Crippen LogP contribution in [0.5, 0.6) is 0 Å². The molecular weight excluding hydrogens is 377 g/mol. The SMILES string of the molecule is C=C(C)CCOC[C@H]1O[C@@H](n2cnc3c(N)ncnc32)C[C@@H]1OP(=O)(O)O. The molecule has 0 spiro atoms. The number of ether oxygens (including phenoxy) is 2. The largest absolute Gasteiger partial charge is 0.469 e. The van der Waals surface area contributed by atoms with Crippen molar-refractivity contribution in [2.24, 2.45) is 0 Å². The van der Waals surface area contributed by atoms with Gasteiger partial charge in [0.15, 0.2) is 11.5 Å². The van der Waals surface area contributed by atoms with E-state index < -0.39 is 26.3 Å². The Morgan fingerprint density at radius 2 is 2.26 bits per heavy atom. The Hall–Kier alpha value is -1.88. The number of nitrogens with two attached hydrogens (primary N) is 1. The molecule has 1 aliphatic heterocycles. The maximum absolute atomic E-state index is 11.3. The van der Waals surface area contributed by atoms with E-state index in [9.17, 15) is 14.4 Å². The van der Waals surface area contributed by atoms with Crippen LogP contribution < -0.4 is 5.73 Å². The van der Waals surface area contributed by atoms with Crippen LogP contribution >= 0.6 is 7.82 Å². The number of phosphoric acid groups is 1. The van der Waals surface area contributed by atoms with Crippen molar-refractivity contribution < 1.29 is 28.3 Å².